The van der Waals surface area contributed by atoms with E-state index in [4.69, 9.17) is 9.47 Å². The van der Waals surface area contributed by atoms with Crippen molar-refractivity contribution < 1.29 is 14.6 Å². The van der Waals surface area contributed by atoms with Crippen LogP contribution in [0.25, 0.3) is 0 Å². The molecule has 0 unspecified atom stereocenters. The quantitative estimate of drug-likeness (QED) is 0.194. The maximum absolute atomic E-state index is 9.59. The molecule has 2 rings (SSSR count). The van der Waals surface area contributed by atoms with Gasteiger partial charge in [-0.25, -0.2) is 4.99 Å². The number of phenols is 1. The minimum atomic E-state index is 0. The average Bonchev–Trinajstić information content (AvgIpc) is 2.68. The molecule has 0 heterocycles. The van der Waals surface area contributed by atoms with Crippen LogP contribution in [0.3, 0.4) is 0 Å². The fraction of sp³-hybridized carbons (Fsp3) is 0.409. The highest BCUT2D eigenvalue weighted by molar-refractivity contribution is 14.0. The summed E-state index contributed by atoms with van der Waals surface area (Å²) in [5, 5.41) is 16.2. The number of halogens is 1. The van der Waals surface area contributed by atoms with Gasteiger partial charge in [0.15, 0.2) is 5.96 Å². The van der Waals surface area contributed by atoms with E-state index < -0.39 is 0 Å². The van der Waals surface area contributed by atoms with Crippen molar-refractivity contribution in [3.05, 3.63) is 59.2 Å². The first-order valence-electron chi connectivity index (χ1n) is 9.63. The minimum Gasteiger partial charge on any atom is -0.508 e. The third-order valence-electron chi connectivity index (χ3n) is 4.09. The molecule has 0 atom stereocenters. The molecule has 0 spiro atoms. The molecule has 0 fully saturated rings. The smallest absolute Gasteiger partial charge is 0.191 e. The minimum absolute atomic E-state index is 0. The molecule has 2 aromatic carbocycles. The standard InChI is InChI=1S/C22H31N3O3.HI/c1-4-23-22(24-15-18-7-5-8-20(26)14-18)25-16-19-10-9-17(2)13-21(19)28-12-6-11-27-3;/h5,7-10,13-14,26H,4,6,11-12,15-16H2,1-3H3,(H2,23,24,25);1H. The number of aryl methyl sites for hydroxylation is 1. The molecule has 160 valence electrons. The highest BCUT2D eigenvalue weighted by Crippen LogP contribution is 2.20. The van der Waals surface area contributed by atoms with E-state index in [1.54, 1.807) is 19.2 Å². The Balaban J connectivity index is 0.00000420. The van der Waals surface area contributed by atoms with Crippen LogP contribution in [0.4, 0.5) is 0 Å². The van der Waals surface area contributed by atoms with E-state index in [-0.39, 0.29) is 29.7 Å². The van der Waals surface area contributed by atoms with E-state index in [9.17, 15) is 5.11 Å². The molecule has 2 aromatic rings. The number of nitrogens with zero attached hydrogens (tertiary/aromatic N) is 1. The lowest BCUT2D eigenvalue weighted by atomic mass is 10.1. The molecule has 0 bridgehead atoms. The number of nitrogens with one attached hydrogen (secondary N) is 2. The van der Waals surface area contributed by atoms with Gasteiger partial charge in [0.05, 0.1) is 13.2 Å². The summed E-state index contributed by atoms with van der Waals surface area (Å²) in [6.07, 6.45) is 0.853. The van der Waals surface area contributed by atoms with Gasteiger partial charge in [-0.1, -0.05) is 24.3 Å². The molecule has 0 aromatic heterocycles. The zero-order valence-electron chi connectivity index (χ0n) is 17.4. The van der Waals surface area contributed by atoms with Crippen LogP contribution >= 0.6 is 24.0 Å². The molecule has 3 N–H and O–H groups in total. The fourth-order valence-electron chi connectivity index (χ4n) is 2.67. The summed E-state index contributed by atoms with van der Waals surface area (Å²) in [5.74, 6) is 1.85. The monoisotopic (exact) mass is 513 g/mol. The number of methoxy groups -OCH3 is 1. The van der Waals surface area contributed by atoms with Crippen molar-refractivity contribution in [3.63, 3.8) is 0 Å². The number of rotatable bonds is 10. The lowest BCUT2D eigenvalue weighted by Gasteiger charge is -2.15. The Hall–Kier alpha value is -2.00. The van der Waals surface area contributed by atoms with Crippen molar-refractivity contribution >= 4 is 29.9 Å². The maximum atomic E-state index is 9.59. The number of aliphatic imine (C=N–C) groups is 1. The van der Waals surface area contributed by atoms with Gasteiger partial charge in [0.1, 0.15) is 11.5 Å². The molecule has 0 radical (unpaired) electrons. The van der Waals surface area contributed by atoms with Gasteiger partial charge < -0.3 is 25.2 Å². The summed E-state index contributed by atoms with van der Waals surface area (Å²) >= 11 is 0. The van der Waals surface area contributed by atoms with Crippen molar-refractivity contribution in [2.24, 2.45) is 4.99 Å². The Bertz CT molecular complexity index is 769. The van der Waals surface area contributed by atoms with E-state index in [1.807, 2.05) is 19.1 Å². The van der Waals surface area contributed by atoms with Gasteiger partial charge >= 0.3 is 0 Å². The largest absolute Gasteiger partial charge is 0.508 e. The summed E-state index contributed by atoms with van der Waals surface area (Å²) < 4.78 is 11.0. The highest BCUT2D eigenvalue weighted by atomic mass is 127. The normalized spacial score (nSPS) is 10.9. The third-order valence-corrected chi connectivity index (χ3v) is 4.09. The summed E-state index contributed by atoms with van der Waals surface area (Å²) in [5.41, 5.74) is 3.19. The molecule has 0 amide bonds. The first-order chi connectivity index (χ1) is 13.6. The summed E-state index contributed by atoms with van der Waals surface area (Å²) in [4.78, 5) is 4.60. The van der Waals surface area contributed by atoms with Gasteiger partial charge in [-0.05, 0) is 43.2 Å². The van der Waals surface area contributed by atoms with Crippen LogP contribution in [0.2, 0.25) is 0 Å². The SMILES string of the molecule is CCNC(=NCc1cccc(O)c1)NCc1ccc(C)cc1OCCCOC.I. The fourth-order valence-corrected chi connectivity index (χ4v) is 2.67. The van der Waals surface area contributed by atoms with Crippen LogP contribution in [0, 0.1) is 6.92 Å². The predicted octanol–water partition coefficient (Wildman–Crippen LogP) is 3.99. The van der Waals surface area contributed by atoms with Crippen LogP contribution in [0.15, 0.2) is 47.5 Å². The molecule has 0 saturated carbocycles. The van der Waals surface area contributed by atoms with E-state index in [2.05, 4.69) is 40.7 Å². The zero-order chi connectivity index (χ0) is 20.2. The van der Waals surface area contributed by atoms with Crippen LogP contribution < -0.4 is 15.4 Å². The Morgan fingerprint density at radius 2 is 1.93 bits per heavy atom. The van der Waals surface area contributed by atoms with Gasteiger partial charge in [-0.15, -0.1) is 24.0 Å². The molecular weight excluding hydrogens is 481 g/mol. The third kappa shape index (κ3) is 9.36. The summed E-state index contributed by atoms with van der Waals surface area (Å²) in [6, 6.07) is 13.4. The number of phenolic OH excluding ortho intramolecular Hbond substituents is 1. The van der Waals surface area contributed by atoms with Crippen molar-refractivity contribution in [2.75, 3.05) is 26.9 Å². The Labute approximate surface area is 190 Å². The maximum Gasteiger partial charge on any atom is 0.191 e. The topological polar surface area (TPSA) is 75.1 Å². The first kappa shape index (κ1) is 25.0. The van der Waals surface area contributed by atoms with Gasteiger partial charge in [0, 0.05) is 38.8 Å². The molecule has 0 aliphatic carbocycles. The average molecular weight is 513 g/mol. The van der Waals surface area contributed by atoms with Crippen molar-refractivity contribution in [1.29, 1.82) is 0 Å². The van der Waals surface area contributed by atoms with E-state index in [0.717, 1.165) is 41.4 Å². The second kappa shape index (κ2) is 14.1. The number of guanidine groups is 1. The number of ether oxygens (including phenoxy) is 2. The molecule has 0 saturated heterocycles. The van der Waals surface area contributed by atoms with E-state index in [1.165, 1.54) is 0 Å². The van der Waals surface area contributed by atoms with E-state index >= 15 is 0 Å². The molecule has 7 heteroatoms. The van der Waals surface area contributed by atoms with Gasteiger partial charge in [0.25, 0.3) is 0 Å². The first-order valence-corrected chi connectivity index (χ1v) is 9.63. The van der Waals surface area contributed by atoms with Crippen LogP contribution in [-0.2, 0) is 17.8 Å². The summed E-state index contributed by atoms with van der Waals surface area (Å²) in [7, 11) is 1.69. The molecule has 29 heavy (non-hydrogen) atoms. The van der Waals surface area contributed by atoms with Crippen LogP contribution in [-0.4, -0.2) is 37.9 Å². The highest BCUT2D eigenvalue weighted by Gasteiger charge is 2.06. The Morgan fingerprint density at radius 1 is 1.10 bits per heavy atom. The number of hydrogen-bond acceptors (Lipinski definition) is 4. The molecule has 6 nitrogen and oxygen atoms in total. The second-order valence-corrected chi connectivity index (χ2v) is 6.52. The molecular formula is C22H32IN3O3. The molecule has 0 aliphatic rings. The van der Waals surface area contributed by atoms with Gasteiger partial charge in [-0.3, -0.25) is 0 Å². The number of aromatic hydroxyl groups is 1. The van der Waals surface area contributed by atoms with Crippen molar-refractivity contribution in [1.82, 2.24) is 10.6 Å². The van der Waals surface area contributed by atoms with Crippen molar-refractivity contribution in [2.45, 2.75) is 33.4 Å². The van der Waals surface area contributed by atoms with E-state index in [0.29, 0.717) is 26.3 Å². The van der Waals surface area contributed by atoms with Gasteiger partial charge in [-0.2, -0.15) is 0 Å². The van der Waals surface area contributed by atoms with Crippen LogP contribution in [0.5, 0.6) is 11.5 Å². The number of benzene rings is 2. The second-order valence-electron chi connectivity index (χ2n) is 6.52. The number of hydrogen-bond donors (Lipinski definition) is 3. The van der Waals surface area contributed by atoms with Crippen LogP contribution in [0.1, 0.15) is 30.0 Å². The lowest BCUT2D eigenvalue weighted by molar-refractivity contribution is 0.171. The predicted molar refractivity (Wildman–Crippen MR) is 128 cm³/mol. The zero-order valence-corrected chi connectivity index (χ0v) is 19.7. The van der Waals surface area contributed by atoms with Crippen molar-refractivity contribution in [3.8, 4) is 11.5 Å². The molecule has 0 aliphatic heterocycles. The summed E-state index contributed by atoms with van der Waals surface area (Å²) in [6.45, 7) is 7.24. The Kier molecular flexibility index (Phi) is 12.1. The lowest BCUT2D eigenvalue weighted by Crippen LogP contribution is -2.36. The van der Waals surface area contributed by atoms with Gasteiger partial charge in [0.2, 0.25) is 0 Å². The Morgan fingerprint density at radius 3 is 2.66 bits per heavy atom.